The van der Waals surface area contributed by atoms with E-state index in [2.05, 4.69) is 27.9 Å². The first-order valence-electron chi connectivity index (χ1n) is 5.24. The first-order valence-corrected chi connectivity index (χ1v) is 6.12. The molecule has 0 saturated heterocycles. The highest BCUT2D eigenvalue weighted by Gasteiger charge is 2.00. The zero-order chi connectivity index (χ0) is 12.1. The van der Waals surface area contributed by atoms with E-state index in [1.165, 1.54) is 16.9 Å². The van der Waals surface area contributed by atoms with Crippen LogP contribution in [0.4, 0.5) is 0 Å². The molecule has 17 heavy (non-hydrogen) atoms. The molecule has 4 N–H and O–H groups in total. The van der Waals surface area contributed by atoms with Gasteiger partial charge in [0, 0.05) is 17.5 Å². The highest BCUT2D eigenvalue weighted by atomic mass is 32.1. The van der Waals surface area contributed by atoms with Crippen molar-refractivity contribution in [3.63, 3.8) is 0 Å². The van der Waals surface area contributed by atoms with Crippen molar-refractivity contribution in [1.82, 2.24) is 10.3 Å². The Morgan fingerprint density at radius 2 is 2.18 bits per heavy atom. The van der Waals surface area contributed by atoms with Crippen molar-refractivity contribution in [3.05, 3.63) is 40.7 Å². The molecule has 0 atom stereocenters. The highest BCUT2D eigenvalue weighted by Crippen LogP contribution is 2.19. The molecule has 0 bridgehead atoms. The summed E-state index contributed by atoms with van der Waals surface area (Å²) in [5.41, 5.74) is 11.3. The van der Waals surface area contributed by atoms with Crippen LogP contribution in [-0.2, 0) is 6.42 Å². The Bertz CT molecular complexity index is 476. The van der Waals surface area contributed by atoms with E-state index in [0.717, 1.165) is 17.7 Å². The average molecular weight is 245 g/mol. The van der Waals surface area contributed by atoms with Crippen molar-refractivity contribution >= 4 is 17.3 Å². The molecule has 5 heteroatoms. The van der Waals surface area contributed by atoms with Gasteiger partial charge >= 0.3 is 0 Å². The SMILES string of the molecule is N=C(N)NCCc1ccc(-c2cs[c]n2)cc1. The number of thiazole rings is 1. The van der Waals surface area contributed by atoms with Gasteiger partial charge in [0.25, 0.3) is 0 Å². The quantitative estimate of drug-likeness (QED) is 0.566. The Kier molecular flexibility index (Phi) is 3.72. The van der Waals surface area contributed by atoms with Gasteiger partial charge in [-0.2, -0.15) is 0 Å². The first-order chi connectivity index (χ1) is 8.25. The summed E-state index contributed by atoms with van der Waals surface area (Å²) in [6.45, 7) is 0.680. The Morgan fingerprint density at radius 3 is 2.76 bits per heavy atom. The third kappa shape index (κ3) is 3.29. The predicted octanol–water partition coefficient (Wildman–Crippen LogP) is 1.64. The molecular weight excluding hydrogens is 232 g/mol. The van der Waals surface area contributed by atoms with Crippen molar-refractivity contribution in [1.29, 1.82) is 5.41 Å². The van der Waals surface area contributed by atoms with E-state index < -0.39 is 0 Å². The van der Waals surface area contributed by atoms with E-state index in [1.807, 2.05) is 17.5 Å². The molecule has 0 aliphatic rings. The van der Waals surface area contributed by atoms with Gasteiger partial charge in [-0.1, -0.05) is 24.3 Å². The summed E-state index contributed by atoms with van der Waals surface area (Å²) in [6, 6.07) is 8.23. The third-order valence-corrected chi connectivity index (χ3v) is 2.91. The standard InChI is InChI=1S/C12H13N4S/c13-12(14)15-6-5-9-1-3-10(4-2-9)11-7-17-8-16-11/h1-4,7H,5-6H2,(H4,13,14,15). The predicted molar refractivity (Wildman–Crippen MR) is 70.0 cm³/mol. The molecule has 0 spiro atoms. The maximum Gasteiger partial charge on any atom is 0.185 e. The van der Waals surface area contributed by atoms with Crippen LogP contribution in [0.5, 0.6) is 0 Å². The normalized spacial score (nSPS) is 10.1. The molecule has 0 aliphatic heterocycles. The van der Waals surface area contributed by atoms with Gasteiger partial charge in [0.15, 0.2) is 11.5 Å². The summed E-state index contributed by atoms with van der Waals surface area (Å²) in [7, 11) is 0. The fourth-order valence-electron chi connectivity index (χ4n) is 1.50. The Labute approximate surface area is 104 Å². The number of benzene rings is 1. The van der Waals surface area contributed by atoms with E-state index >= 15 is 0 Å². The van der Waals surface area contributed by atoms with Gasteiger partial charge in [-0.05, 0) is 12.0 Å². The molecule has 2 aromatic rings. The highest BCUT2D eigenvalue weighted by molar-refractivity contribution is 7.07. The molecule has 0 amide bonds. The summed E-state index contributed by atoms with van der Waals surface area (Å²) >= 11 is 1.47. The van der Waals surface area contributed by atoms with Crippen molar-refractivity contribution in [2.45, 2.75) is 6.42 Å². The van der Waals surface area contributed by atoms with Crippen LogP contribution in [0.2, 0.25) is 0 Å². The topological polar surface area (TPSA) is 74.8 Å². The molecule has 1 aromatic carbocycles. The molecular formula is C12H13N4S. The third-order valence-electron chi connectivity index (χ3n) is 2.37. The maximum atomic E-state index is 7.04. The van der Waals surface area contributed by atoms with Crippen LogP contribution < -0.4 is 11.1 Å². The van der Waals surface area contributed by atoms with Gasteiger partial charge < -0.3 is 11.1 Å². The monoisotopic (exact) mass is 245 g/mol. The second-order valence-electron chi connectivity index (χ2n) is 3.61. The first kappa shape index (κ1) is 11.6. The molecule has 4 nitrogen and oxygen atoms in total. The molecule has 0 fully saturated rings. The van der Waals surface area contributed by atoms with Gasteiger partial charge in [0.1, 0.15) is 0 Å². The Morgan fingerprint density at radius 1 is 1.41 bits per heavy atom. The second kappa shape index (κ2) is 5.45. The fourth-order valence-corrected chi connectivity index (χ4v) is 2.00. The van der Waals surface area contributed by atoms with E-state index in [9.17, 15) is 0 Å². The summed E-state index contributed by atoms with van der Waals surface area (Å²) in [4.78, 5) is 4.14. The Hall–Kier alpha value is -1.88. The molecule has 87 valence electrons. The molecule has 1 aromatic heterocycles. The van der Waals surface area contributed by atoms with Gasteiger partial charge in [-0.3, -0.25) is 5.41 Å². The maximum absolute atomic E-state index is 7.04. The number of nitrogens with two attached hydrogens (primary N) is 1. The zero-order valence-electron chi connectivity index (χ0n) is 9.23. The number of rotatable bonds is 4. The summed E-state index contributed by atoms with van der Waals surface area (Å²) in [6.07, 6.45) is 0.850. The summed E-state index contributed by atoms with van der Waals surface area (Å²) in [5.74, 6) is 0.0135. The van der Waals surface area contributed by atoms with Crippen molar-refractivity contribution < 1.29 is 0 Å². The van der Waals surface area contributed by atoms with Gasteiger partial charge in [-0.15, -0.1) is 11.3 Å². The summed E-state index contributed by atoms with van der Waals surface area (Å²) < 4.78 is 0. The Balaban J connectivity index is 1.96. The van der Waals surface area contributed by atoms with Crippen LogP contribution in [-0.4, -0.2) is 17.5 Å². The largest absolute Gasteiger partial charge is 0.370 e. The minimum absolute atomic E-state index is 0.0135. The lowest BCUT2D eigenvalue weighted by molar-refractivity contribution is 0.854. The van der Waals surface area contributed by atoms with Crippen LogP contribution in [0.1, 0.15) is 5.56 Å². The number of hydrogen-bond donors (Lipinski definition) is 3. The average Bonchev–Trinajstić information content (AvgIpc) is 2.83. The fraction of sp³-hybridized carbons (Fsp3) is 0.167. The number of guanidine groups is 1. The number of nitrogens with zero attached hydrogens (tertiary/aromatic N) is 1. The lowest BCUT2D eigenvalue weighted by atomic mass is 10.1. The van der Waals surface area contributed by atoms with Gasteiger partial charge in [0.2, 0.25) is 0 Å². The minimum atomic E-state index is 0.0135. The lowest BCUT2D eigenvalue weighted by Crippen LogP contribution is -2.31. The van der Waals surface area contributed by atoms with Crippen molar-refractivity contribution in [3.8, 4) is 11.3 Å². The number of nitrogens with one attached hydrogen (secondary N) is 2. The van der Waals surface area contributed by atoms with Crippen LogP contribution in [0.15, 0.2) is 29.6 Å². The molecule has 0 saturated carbocycles. The van der Waals surface area contributed by atoms with E-state index in [1.54, 1.807) is 0 Å². The molecule has 0 unspecified atom stereocenters. The van der Waals surface area contributed by atoms with Crippen LogP contribution in [0.3, 0.4) is 0 Å². The van der Waals surface area contributed by atoms with E-state index in [-0.39, 0.29) is 5.96 Å². The number of aromatic nitrogens is 1. The van der Waals surface area contributed by atoms with Crippen LogP contribution in [0.25, 0.3) is 11.3 Å². The van der Waals surface area contributed by atoms with Crippen molar-refractivity contribution in [2.75, 3.05) is 6.54 Å². The molecule has 0 aliphatic carbocycles. The number of hydrogen-bond acceptors (Lipinski definition) is 3. The van der Waals surface area contributed by atoms with Gasteiger partial charge in [0.05, 0.1) is 5.69 Å². The molecule has 1 heterocycles. The zero-order valence-corrected chi connectivity index (χ0v) is 10.1. The minimum Gasteiger partial charge on any atom is -0.370 e. The van der Waals surface area contributed by atoms with Crippen LogP contribution >= 0.6 is 11.3 Å². The molecule has 2 rings (SSSR count). The van der Waals surface area contributed by atoms with E-state index in [0.29, 0.717) is 6.54 Å². The van der Waals surface area contributed by atoms with E-state index in [4.69, 9.17) is 11.1 Å². The van der Waals surface area contributed by atoms with Gasteiger partial charge in [-0.25, -0.2) is 4.98 Å². The van der Waals surface area contributed by atoms with Crippen LogP contribution in [0, 0.1) is 10.9 Å². The smallest absolute Gasteiger partial charge is 0.185 e. The van der Waals surface area contributed by atoms with Crippen molar-refractivity contribution in [2.24, 2.45) is 5.73 Å². The second-order valence-corrected chi connectivity index (χ2v) is 4.27. The lowest BCUT2D eigenvalue weighted by Gasteiger charge is -2.04. The summed E-state index contributed by atoms with van der Waals surface area (Å²) in [5, 5.41) is 11.8. The molecule has 1 radical (unpaired) electrons.